The fourth-order valence-electron chi connectivity index (χ4n) is 4.86. The number of amides is 2. The fourth-order valence-corrected chi connectivity index (χ4v) is 5.05. The third-order valence-electron chi connectivity index (χ3n) is 6.57. The number of hydrogen-bond acceptors (Lipinski definition) is 5. The van der Waals surface area contributed by atoms with E-state index in [1.54, 1.807) is 21.6 Å². The molecule has 4 rings (SSSR count). The highest BCUT2D eigenvalue weighted by Gasteiger charge is 2.55. The molecule has 11 heteroatoms. The molecule has 36 heavy (non-hydrogen) atoms. The van der Waals surface area contributed by atoms with Gasteiger partial charge in [-0.15, -0.1) is 13.2 Å². The van der Waals surface area contributed by atoms with Crippen molar-refractivity contribution in [1.82, 2.24) is 14.8 Å². The Morgan fingerprint density at radius 3 is 2.75 bits per heavy atom. The first-order valence-corrected chi connectivity index (χ1v) is 11.4. The molecule has 0 radical (unpaired) electrons. The molecule has 1 aromatic heterocycles. The molecule has 2 aliphatic rings. The van der Waals surface area contributed by atoms with Crippen molar-refractivity contribution >= 4 is 23.4 Å². The van der Waals surface area contributed by atoms with Crippen LogP contribution >= 0.6 is 11.6 Å². The molecule has 1 aromatic carbocycles. The van der Waals surface area contributed by atoms with E-state index in [1.165, 1.54) is 13.3 Å². The van der Waals surface area contributed by atoms with Crippen LogP contribution in [0.3, 0.4) is 0 Å². The number of nitrogens with one attached hydrogen (secondary N) is 1. The van der Waals surface area contributed by atoms with Crippen molar-refractivity contribution in [2.24, 2.45) is 0 Å². The highest BCUT2D eigenvalue weighted by atomic mass is 35.5. The van der Waals surface area contributed by atoms with Gasteiger partial charge in [0.15, 0.2) is 11.4 Å². The quantitative estimate of drug-likeness (QED) is 0.427. The SMILES string of the molecule is C=CCN1C(=O)c2c(OC)c(=O)c(C(=O)NCc3ccc(F)c(Cl)c3F)cn2[C@H]2COC[C@]21CC=C. The summed E-state index contributed by atoms with van der Waals surface area (Å²) in [5.74, 6) is -3.54. The molecular formula is C25H24ClF2N3O5. The van der Waals surface area contributed by atoms with Crippen LogP contribution in [0.5, 0.6) is 5.75 Å². The topological polar surface area (TPSA) is 89.9 Å². The Morgan fingerprint density at radius 2 is 2.08 bits per heavy atom. The predicted molar refractivity (Wildman–Crippen MR) is 128 cm³/mol. The highest BCUT2D eigenvalue weighted by Crippen LogP contribution is 2.44. The van der Waals surface area contributed by atoms with Gasteiger partial charge in [0, 0.05) is 24.8 Å². The minimum absolute atomic E-state index is 0.00699. The first-order chi connectivity index (χ1) is 17.2. The average Bonchev–Trinajstić information content (AvgIpc) is 3.29. The smallest absolute Gasteiger partial charge is 0.275 e. The van der Waals surface area contributed by atoms with Crippen molar-refractivity contribution in [3.63, 3.8) is 0 Å². The summed E-state index contributed by atoms with van der Waals surface area (Å²) in [5, 5.41) is 1.76. The van der Waals surface area contributed by atoms with Gasteiger partial charge in [0.2, 0.25) is 5.43 Å². The number of benzene rings is 1. The fraction of sp³-hybridized carbons (Fsp3) is 0.320. The third kappa shape index (κ3) is 3.90. The summed E-state index contributed by atoms with van der Waals surface area (Å²) < 4.78 is 40.3. The number of pyridine rings is 1. The lowest BCUT2D eigenvalue weighted by Crippen LogP contribution is -2.61. The number of rotatable bonds is 8. The number of carbonyl (C=O) groups excluding carboxylic acids is 2. The molecule has 0 spiro atoms. The molecule has 2 atom stereocenters. The largest absolute Gasteiger partial charge is 0.491 e. The van der Waals surface area contributed by atoms with Crippen LogP contribution in [-0.2, 0) is 11.3 Å². The van der Waals surface area contributed by atoms with Crippen molar-refractivity contribution in [1.29, 1.82) is 0 Å². The molecule has 1 saturated heterocycles. The van der Waals surface area contributed by atoms with E-state index in [9.17, 15) is 23.2 Å². The number of aromatic nitrogens is 1. The number of hydrogen-bond donors (Lipinski definition) is 1. The van der Waals surface area contributed by atoms with Gasteiger partial charge in [0.1, 0.15) is 22.2 Å². The number of fused-ring (bicyclic) bond motifs is 3. The number of methoxy groups -OCH3 is 1. The molecule has 8 nitrogen and oxygen atoms in total. The third-order valence-corrected chi connectivity index (χ3v) is 6.92. The summed E-state index contributed by atoms with van der Waals surface area (Å²) in [5.41, 5.74) is -1.99. The number of nitrogens with zero attached hydrogens (tertiary/aromatic N) is 2. The number of carbonyl (C=O) groups is 2. The molecule has 3 heterocycles. The lowest BCUT2D eigenvalue weighted by molar-refractivity contribution is 0.0276. The van der Waals surface area contributed by atoms with E-state index in [0.717, 1.165) is 12.1 Å². The molecule has 0 unspecified atom stereocenters. The van der Waals surface area contributed by atoms with Crippen LogP contribution in [0.15, 0.2) is 48.4 Å². The Morgan fingerprint density at radius 1 is 1.33 bits per heavy atom. The Bertz CT molecular complexity index is 1330. The molecule has 1 N–H and O–H groups in total. The van der Waals surface area contributed by atoms with Crippen molar-refractivity contribution < 1.29 is 27.8 Å². The summed E-state index contributed by atoms with van der Waals surface area (Å²) in [7, 11) is 1.23. The highest BCUT2D eigenvalue weighted by molar-refractivity contribution is 6.30. The van der Waals surface area contributed by atoms with Crippen LogP contribution < -0.4 is 15.5 Å². The molecule has 0 bridgehead atoms. The second-order valence-electron chi connectivity index (χ2n) is 8.51. The Labute approximate surface area is 210 Å². The zero-order valence-electron chi connectivity index (χ0n) is 19.5. The lowest BCUT2D eigenvalue weighted by Gasteiger charge is -2.48. The average molecular weight is 520 g/mol. The molecular weight excluding hydrogens is 496 g/mol. The maximum absolute atomic E-state index is 14.3. The van der Waals surface area contributed by atoms with Crippen molar-refractivity contribution in [2.45, 2.75) is 24.5 Å². The van der Waals surface area contributed by atoms with E-state index >= 15 is 0 Å². The number of halogens is 3. The van der Waals surface area contributed by atoms with Crippen LogP contribution in [0, 0.1) is 11.6 Å². The van der Waals surface area contributed by atoms with Gasteiger partial charge < -0.3 is 24.3 Å². The maximum Gasteiger partial charge on any atom is 0.275 e. The molecule has 2 aliphatic heterocycles. The molecule has 0 aliphatic carbocycles. The van der Waals surface area contributed by atoms with Gasteiger partial charge in [-0.05, 0) is 12.5 Å². The van der Waals surface area contributed by atoms with Crippen LogP contribution in [0.25, 0.3) is 0 Å². The zero-order valence-corrected chi connectivity index (χ0v) is 20.2. The van der Waals surface area contributed by atoms with Gasteiger partial charge in [-0.1, -0.05) is 29.8 Å². The standard InChI is InChI=1S/C25H24ClF2N3O5/c1-4-8-25-13-36-12-17(25)30-11-15(21(32)22(35-3)20(30)24(34)31(25)9-5-2)23(33)29-10-14-6-7-16(27)18(26)19(14)28/h4-7,11,17H,1-2,8-10,12-13H2,3H3,(H,29,33)/t17-,25+/m0/s1. The van der Waals surface area contributed by atoms with Crippen LogP contribution in [0.1, 0.15) is 38.9 Å². The summed E-state index contributed by atoms with van der Waals surface area (Å²) >= 11 is 5.60. The van der Waals surface area contributed by atoms with Crippen LogP contribution in [-0.4, -0.2) is 53.7 Å². The summed E-state index contributed by atoms with van der Waals surface area (Å²) in [6.07, 6.45) is 4.97. The predicted octanol–water partition coefficient (Wildman–Crippen LogP) is 3.25. The summed E-state index contributed by atoms with van der Waals surface area (Å²) in [6.45, 7) is 7.86. The van der Waals surface area contributed by atoms with Crippen LogP contribution in [0.2, 0.25) is 5.02 Å². The summed E-state index contributed by atoms with van der Waals surface area (Å²) in [4.78, 5) is 41.5. The van der Waals surface area contributed by atoms with Crippen molar-refractivity contribution in [3.8, 4) is 5.75 Å². The van der Waals surface area contributed by atoms with E-state index in [0.29, 0.717) is 6.42 Å². The molecule has 0 saturated carbocycles. The van der Waals surface area contributed by atoms with Crippen molar-refractivity contribution in [2.75, 3.05) is 26.9 Å². The van der Waals surface area contributed by atoms with E-state index in [-0.39, 0.29) is 48.9 Å². The van der Waals surface area contributed by atoms with Gasteiger partial charge in [-0.25, -0.2) is 8.78 Å². The Kier molecular flexibility index (Phi) is 7.01. The normalized spacial score (nSPS) is 20.5. The van der Waals surface area contributed by atoms with Crippen LogP contribution in [0.4, 0.5) is 8.78 Å². The molecule has 190 valence electrons. The number of ether oxygens (including phenoxy) is 2. The zero-order chi connectivity index (χ0) is 26.2. The summed E-state index contributed by atoms with van der Waals surface area (Å²) in [6, 6.07) is 1.67. The minimum Gasteiger partial charge on any atom is -0.491 e. The van der Waals surface area contributed by atoms with Gasteiger partial charge in [-0.3, -0.25) is 14.4 Å². The van der Waals surface area contributed by atoms with Gasteiger partial charge >= 0.3 is 0 Å². The van der Waals surface area contributed by atoms with E-state index in [4.69, 9.17) is 21.1 Å². The second-order valence-corrected chi connectivity index (χ2v) is 8.89. The Hall–Kier alpha value is -3.50. The first-order valence-electron chi connectivity index (χ1n) is 11.1. The van der Waals surface area contributed by atoms with Gasteiger partial charge in [-0.2, -0.15) is 0 Å². The maximum atomic E-state index is 14.3. The van der Waals surface area contributed by atoms with Crippen molar-refractivity contribution in [3.05, 3.63) is 87.3 Å². The van der Waals surface area contributed by atoms with E-state index in [2.05, 4.69) is 18.5 Å². The molecule has 1 fully saturated rings. The van der Waals surface area contributed by atoms with Gasteiger partial charge in [0.05, 0.1) is 31.9 Å². The minimum atomic E-state index is -1.01. The second kappa shape index (κ2) is 9.87. The van der Waals surface area contributed by atoms with Gasteiger partial charge in [0.25, 0.3) is 11.8 Å². The Balaban J connectivity index is 1.78. The lowest BCUT2D eigenvalue weighted by atomic mass is 9.84. The van der Waals surface area contributed by atoms with E-state index < -0.39 is 45.5 Å². The first kappa shape index (κ1) is 25.6. The monoisotopic (exact) mass is 519 g/mol. The van der Waals surface area contributed by atoms with E-state index in [1.807, 2.05) is 0 Å². The molecule has 2 amide bonds. The molecule has 2 aromatic rings.